The molecule has 1 spiro atoms. The van der Waals surface area contributed by atoms with E-state index in [1.807, 2.05) is 38.1 Å². The van der Waals surface area contributed by atoms with Crippen LogP contribution in [-0.4, -0.2) is 24.9 Å². The zero-order chi connectivity index (χ0) is 17.2. The fourth-order valence-electron chi connectivity index (χ4n) is 3.64. The summed E-state index contributed by atoms with van der Waals surface area (Å²) in [6.45, 7) is 6.08. The Morgan fingerprint density at radius 2 is 1.71 bits per heavy atom. The van der Waals surface area contributed by atoms with Gasteiger partial charge in [-0.1, -0.05) is 13.8 Å². The standard InChI is InChI=1S/C19H27N3O2/c1-13(2)11-17(23)21-14-3-5-15(6-4-14)22-18(24)16-12-19(16)7-9-20-10-8-19/h3-6,13,16,20H,7-12H2,1-2H3,(H,21,23)(H,22,24). The fourth-order valence-corrected chi connectivity index (χ4v) is 3.64. The van der Waals surface area contributed by atoms with Crippen molar-refractivity contribution in [1.82, 2.24) is 5.32 Å². The van der Waals surface area contributed by atoms with Crippen molar-refractivity contribution in [2.75, 3.05) is 23.7 Å². The summed E-state index contributed by atoms with van der Waals surface area (Å²) >= 11 is 0. The van der Waals surface area contributed by atoms with Crippen LogP contribution >= 0.6 is 0 Å². The van der Waals surface area contributed by atoms with Crippen LogP contribution in [0.25, 0.3) is 0 Å². The second-order valence-corrected chi connectivity index (χ2v) is 7.58. The van der Waals surface area contributed by atoms with E-state index in [1.54, 1.807) is 0 Å². The topological polar surface area (TPSA) is 70.2 Å². The van der Waals surface area contributed by atoms with Crippen LogP contribution in [0, 0.1) is 17.3 Å². The number of carbonyl (C=O) groups excluding carboxylic acids is 2. The molecule has 130 valence electrons. The fraction of sp³-hybridized carbons (Fsp3) is 0.579. The molecule has 5 heteroatoms. The van der Waals surface area contributed by atoms with E-state index in [1.165, 1.54) is 0 Å². The normalized spacial score (nSPS) is 21.5. The van der Waals surface area contributed by atoms with E-state index in [0.717, 1.165) is 43.7 Å². The molecular formula is C19H27N3O2. The van der Waals surface area contributed by atoms with Crippen LogP contribution in [0.15, 0.2) is 24.3 Å². The van der Waals surface area contributed by atoms with Gasteiger partial charge < -0.3 is 16.0 Å². The zero-order valence-corrected chi connectivity index (χ0v) is 14.5. The predicted octanol–water partition coefficient (Wildman–Crippen LogP) is 3.00. The van der Waals surface area contributed by atoms with Gasteiger partial charge in [0.25, 0.3) is 0 Å². The third-order valence-electron chi connectivity index (χ3n) is 5.14. The second-order valence-electron chi connectivity index (χ2n) is 7.58. The van der Waals surface area contributed by atoms with Crippen LogP contribution in [0.4, 0.5) is 11.4 Å². The lowest BCUT2D eigenvalue weighted by atomic mass is 9.92. The Hall–Kier alpha value is -1.88. The summed E-state index contributed by atoms with van der Waals surface area (Å²) in [5, 5.41) is 9.25. The molecule has 2 amide bonds. The van der Waals surface area contributed by atoms with Crippen LogP contribution in [-0.2, 0) is 9.59 Å². The van der Waals surface area contributed by atoms with Gasteiger partial charge in [0.1, 0.15) is 0 Å². The number of nitrogens with one attached hydrogen (secondary N) is 3. The molecule has 1 saturated heterocycles. The lowest BCUT2D eigenvalue weighted by Crippen LogP contribution is -2.31. The largest absolute Gasteiger partial charge is 0.326 e. The Morgan fingerprint density at radius 1 is 1.12 bits per heavy atom. The van der Waals surface area contributed by atoms with Gasteiger partial charge >= 0.3 is 0 Å². The summed E-state index contributed by atoms with van der Waals surface area (Å²) in [5.41, 5.74) is 1.80. The van der Waals surface area contributed by atoms with Crippen molar-refractivity contribution in [3.05, 3.63) is 24.3 Å². The minimum atomic E-state index is 0.0209. The molecule has 1 aromatic carbocycles. The Morgan fingerprint density at radius 3 is 2.29 bits per heavy atom. The van der Waals surface area contributed by atoms with Gasteiger partial charge in [-0.15, -0.1) is 0 Å². The van der Waals surface area contributed by atoms with E-state index in [2.05, 4.69) is 16.0 Å². The summed E-state index contributed by atoms with van der Waals surface area (Å²) in [7, 11) is 0. The lowest BCUT2D eigenvalue weighted by Gasteiger charge is -2.23. The highest BCUT2D eigenvalue weighted by atomic mass is 16.2. The van der Waals surface area contributed by atoms with Crippen molar-refractivity contribution in [2.24, 2.45) is 17.3 Å². The molecule has 3 rings (SSSR count). The highest BCUT2D eigenvalue weighted by molar-refractivity contribution is 5.96. The Labute approximate surface area is 143 Å². The molecule has 0 radical (unpaired) electrons. The monoisotopic (exact) mass is 329 g/mol. The summed E-state index contributed by atoms with van der Waals surface area (Å²) in [4.78, 5) is 24.2. The highest BCUT2D eigenvalue weighted by Crippen LogP contribution is 2.58. The van der Waals surface area contributed by atoms with Crippen LogP contribution in [0.5, 0.6) is 0 Å². The number of anilines is 2. The molecule has 2 fully saturated rings. The van der Waals surface area contributed by atoms with Crippen LogP contribution in [0.3, 0.4) is 0 Å². The van der Waals surface area contributed by atoms with E-state index < -0.39 is 0 Å². The Kier molecular flexibility index (Phi) is 4.90. The Balaban J connectivity index is 1.51. The summed E-state index contributed by atoms with van der Waals surface area (Å²) < 4.78 is 0. The molecule has 1 aliphatic carbocycles. The minimum absolute atomic E-state index is 0.0209. The van der Waals surface area contributed by atoms with Gasteiger partial charge in [-0.25, -0.2) is 0 Å². The zero-order valence-electron chi connectivity index (χ0n) is 14.5. The summed E-state index contributed by atoms with van der Waals surface area (Å²) in [5.74, 6) is 0.649. The third kappa shape index (κ3) is 3.96. The summed E-state index contributed by atoms with van der Waals surface area (Å²) in [6.07, 6.45) is 3.73. The number of hydrogen-bond donors (Lipinski definition) is 3. The molecule has 1 heterocycles. The van der Waals surface area contributed by atoms with E-state index in [-0.39, 0.29) is 23.1 Å². The van der Waals surface area contributed by atoms with Crippen molar-refractivity contribution < 1.29 is 9.59 Å². The molecule has 3 N–H and O–H groups in total. The van der Waals surface area contributed by atoms with Crippen molar-refractivity contribution in [2.45, 2.75) is 39.5 Å². The van der Waals surface area contributed by atoms with Crippen LogP contribution in [0.1, 0.15) is 39.5 Å². The first-order valence-electron chi connectivity index (χ1n) is 8.90. The number of amides is 2. The van der Waals surface area contributed by atoms with Crippen molar-refractivity contribution in [3.63, 3.8) is 0 Å². The predicted molar refractivity (Wildman–Crippen MR) is 95.8 cm³/mol. The van der Waals surface area contributed by atoms with Crippen molar-refractivity contribution in [1.29, 1.82) is 0 Å². The molecule has 24 heavy (non-hydrogen) atoms. The van der Waals surface area contributed by atoms with E-state index in [9.17, 15) is 9.59 Å². The van der Waals surface area contributed by atoms with Gasteiger partial charge in [-0.2, -0.15) is 0 Å². The number of benzene rings is 1. The quantitative estimate of drug-likeness (QED) is 0.778. The smallest absolute Gasteiger partial charge is 0.228 e. The molecule has 1 unspecified atom stereocenters. The molecule has 1 aromatic rings. The third-order valence-corrected chi connectivity index (χ3v) is 5.14. The average Bonchev–Trinajstić information content (AvgIpc) is 3.22. The van der Waals surface area contributed by atoms with Gasteiger partial charge in [0, 0.05) is 23.7 Å². The maximum atomic E-state index is 12.4. The van der Waals surface area contributed by atoms with Gasteiger partial charge in [-0.3, -0.25) is 9.59 Å². The first-order chi connectivity index (χ1) is 11.5. The van der Waals surface area contributed by atoms with E-state index in [4.69, 9.17) is 0 Å². The van der Waals surface area contributed by atoms with Gasteiger partial charge in [0.05, 0.1) is 0 Å². The van der Waals surface area contributed by atoms with E-state index >= 15 is 0 Å². The summed E-state index contributed by atoms with van der Waals surface area (Å²) in [6, 6.07) is 7.36. The van der Waals surface area contributed by atoms with Crippen LogP contribution < -0.4 is 16.0 Å². The average molecular weight is 329 g/mol. The Bertz CT molecular complexity index is 604. The van der Waals surface area contributed by atoms with Gasteiger partial charge in [-0.05, 0) is 68.0 Å². The van der Waals surface area contributed by atoms with E-state index in [0.29, 0.717) is 12.3 Å². The highest BCUT2D eigenvalue weighted by Gasteiger charge is 2.57. The molecule has 1 aliphatic heterocycles. The van der Waals surface area contributed by atoms with Gasteiger partial charge in [0.15, 0.2) is 0 Å². The number of carbonyl (C=O) groups is 2. The molecular weight excluding hydrogens is 302 g/mol. The molecule has 5 nitrogen and oxygen atoms in total. The molecule has 0 aromatic heterocycles. The first kappa shape index (κ1) is 17.0. The van der Waals surface area contributed by atoms with Gasteiger partial charge in [0.2, 0.25) is 11.8 Å². The lowest BCUT2D eigenvalue weighted by molar-refractivity contribution is -0.118. The van der Waals surface area contributed by atoms with Crippen LogP contribution in [0.2, 0.25) is 0 Å². The first-order valence-corrected chi connectivity index (χ1v) is 8.90. The van der Waals surface area contributed by atoms with Crippen molar-refractivity contribution >= 4 is 23.2 Å². The maximum Gasteiger partial charge on any atom is 0.228 e. The SMILES string of the molecule is CC(C)CC(=O)Nc1ccc(NC(=O)C2CC23CCNCC3)cc1. The number of rotatable bonds is 5. The van der Waals surface area contributed by atoms with Crippen molar-refractivity contribution in [3.8, 4) is 0 Å². The minimum Gasteiger partial charge on any atom is -0.326 e. The molecule has 1 saturated carbocycles. The molecule has 1 atom stereocenters. The molecule has 2 aliphatic rings. The number of piperidine rings is 1. The maximum absolute atomic E-state index is 12.4. The molecule has 0 bridgehead atoms. The number of hydrogen-bond acceptors (Lipinski definition) is 3. The second kappa shape index (κ2) is 6.93.